The van der Waals surface area contributed by atoms with Crippen LogP contribution in [0.15, 0.2) is 63.8 Å². The minimum absolute atomic E-state index is 0.0425. The van der Waals surface area contributed by atoms with Gasteiger partial charge in [-0.25, -0.2) is 0 Å². The highest BCUT2D eigenvalue weighted by Gasteiger charge is 2.09. The van der Waals surface area contributed by atoms with Gasteiger partial charge in [-0.05, 0) is 45.3 Å². The molecule has 1 aromatic heterocycles. The molecule has 0 saturated heterocycles. The summed E-state index contributed by atoms with van der Waals surface area (Å²) < 4.78 is 11.8. The number of fused-ring (bicyclic) bond motifs is 1. The van der Waals surface area contributed by atoms with Crippen LogP contribution in [0.25, 0.3) is 22.3 Å². The molecule has 24 heavy (non-hydrogen) atoms. The highest BCUT2D eigenvalue weighted by atomic mass is 16.5. The zero-order chi connectivity index (χ0) is 17.1. The Labute approximate surface area is 141 Å². The number of benzene rings is 2. The van der Waals surface area contributed by atoms with Crippen LogP contribution >= 0.6 is 0 Å². The molecule has 4 nitrogen and oxygen atoms in total. The number of hydrogen-bond donors (Lipinski definition) is 0. The van der Waals surface area contributed by atoms with E-state index in [1.165, 1.54) is 6.07 Å². The van der Waals surface area contributed by atoms with Crippen molar-refractivity contribution >= 4 is 11.0 Å². The third-order valence-electron chi connectivity index (χ3n) is 3.71. The lowest BCUT2D eigenvalue weighted by Gasteiger charge is -2.19. The largest absolute Gasteiger partial charge is 0.489 e. The minimum atomic E-state index is -0.0425. The van der Waals surface area contributed by atoms with Crippen molar-refractivity contribution in [3.8, 4) is 17.1 Å². The summed E-state index contributed by atoms with van der Waals surface area (Å²) >= 11 is 0. The van der Waals surface area contributed by atoms with Crippen molar-refractivity contribution in [3.63, 3.8) is 0 Å². The van der Waals surface area contributed by atoms with Gasteiger partial charge in [-0.2, -0.15) is 0 Å². The molecular weight excluding hydrogens is 302 g/mol. The highest BCUT2D eigenvalue weighted by Crippen LogP contribution is 2.26. The van der Waals surface area contributed by atoms with Crippen LogP contribution in [-0.4, -0.2) is 31.6 Å². The Morgan fingerprint density at radius 2 is 1.88 bits per heavy atom. The maximum Gasteiger partial charge on any atom is 0.193 e. The van der Waals surface area contributed by atoms with E-state index in [1.54, 1.807) is 12.1 Å². The quantitative estimate of drug-likeness (QED) is 0.716. The van der Waals surface area contributed by atoms with Crippen LogP contribution < -0.4 is 10.2 Å². The Bertz CT molecular complexity index is 899. The van der Waals surface area contributed by atoms with Crippen molar-refractivity contribution in [2.24, 2.45) is 0 Å². The summed E-state index contributed by atoms with van der Waals surface area (Å²) in [5.74, 6) is 1.31. The Hall–Kier alpha value is -2.59. The molecule has 3 rings (SSSR count). The first-order chi connectivity index (χ1) is 11.5. The predicted octanol–water partition coefficient (Wildman–Crippen LogP) is 3.79. The summed E-state index contributed by atoms with van der Waals surface area (Å²) in [5.41, 5.74) is 1.37. The lowest BCUT2D eigenvalue weighted by molar-refractivity contribution is 0.177. The van der Waals surface area contributed by atoms with Gasteiger partial charge in [0.2, 0.25) is 0 Å². The molecule has 4 heteroatoms. The molecule has 0 radical (unpaired) electrons. The first-order valence-electron chi connectivity index (χ1n) is 7.97. The zero-order valence-electron chi connectivity index (χ0n) is 14.2. The van der Waals surface area contributed by atoms with Gasteiger partial charge in [-0.15, -0.1) is 0 Å². The molecule has 0 aliphatic carbocycles. The lowest BCUT2D eigenvalue weighted by atomic mass is 10.1. The van der Waals surface area contributed by atoms with Crippen LogP contribution in [0.4, 0.5) is 0 Å². The second-order valence-electron chi connectivity index (χ2n) is 6.19. The third-order valence-corrected chi connectivity index (χ3v) is 3.71. The molecule has 3 aromatic rings. The summed E-state index contributed by atoms with van der Waals surface area (Å²) in [7, 11) is 4.03. The van der Waals surface area contributed by atoms with Crippen LogP contribution in [0.2, 0.25) is 0 Å². The molecule has 1 heterocycles. The van der Waals surface area contributed by atoms with Crippen molar-refractivity contribution in [3.05, 3.63) is 64.8 Å². The fraction of sp³-hybridized carbons (Fsp3) is 0.250. The number of para-hydroxylation sites is 1. The highest BCUT2D eigenvalue weighted by molar-refractivity contribution is 5.78. The van der Waals surface area contributed by atoms with Gasteiger partial charge in [0.1, 0.15) is 23.2 Å². The van der Waals surface area contributed by atoms with Crippen LogP contribution in [-0.2, 0) is 0 Å². The van der Waals surface area contributed by atoms with Gasteiger partial charge in [0.25, 0.3) is 0 Å². The normalized spacial score (nSPS) is 12.5. The summed E-state index contributed by atoms with van der Waals surface area (Å²) in [6, 6.07) is 16.4. The van der Waals surface area contributed by atoms with Gasteiger partial charge < -0.3 is 14.1 Å². The first-order valence-corrected chi connectivity index (χ1v) is 7.97. The predicted molar refractivity (Wildman–Crippen MR) is 96.6 cm³/mol. The standard InChI is InChI=1S/C20H21NO3/c1-14(13-21(2)3)23-16-8-6-7-15(11-16)20-12-18(22)17-9-4-5-10-19(17)24-20/h4-12,14H,13H2,1-3H3. The van der Waals surface area contributed by atoms with E-state index in [9.17, 15) is 4.79 Å². The summed E-state index contributed by atoms with van der Waals surface area (Å²) in [5, 5.41) is 0.591. The van der Waals surface area contributed by atoms with Crippen molar-refractivity contribution in [2.75, 3.05) is 20.6 Å². The fourth-order valence-electron chi connectivity index (χ4n) is 2.75. The lowest BCUT2D eigenvalue weighted by Crippen LogP contribution is -2.27. The van der Waals surface area contributed by atoms with E-state index in [-0.39, 0.29) is 11.5 Å². The van der Waals surface area contributed by atoms with E-state index in [2.05, 4.69) is 4.90 Å². The topological polar surface area (TPSA) is 42.7 Å². The van der Waals surface area contributed by atoms with Gasteiger partial charge >= 0.3 is 0 Å². The van der Waals surface area contributed by atoms with Crippen molar-refractivity contribution in [1.82, 2.24) is 4.90 Å². The summed E-state index contributed by atoms with van der Waals surface area (Å²) in [6.07, 6.45) is 0.0684. The molecule has 0 fully saturated rings. The van der Waals surface area contributed by atoms with E-state index in [0.717, 1.165) is 17.9 Å². The molecule has 0 N–H and O–H groups in total. The second kappa shape index (κ2) is 6.89. The number of nitrogens with zero attached hydrogens (tertiary/aromatic N) is 1. The molecule has 0 saturated carbocycles. The smallest absolute Gasteiger partial charge is 0.193 e. The second-order valence-corrected chi connectivity index (χ2v) is 6.19. The van der Waals surface area contributed by atoms with E-state index < -0.39 is 0 Å². The molecule has 0 bridgehead atoms. The Balaban J connectivity index is 1.93. The minimum Gasteiger partial charge on any atom is -0.489 e. The molecule has 0 amide bonds. The van der Waals surface area contributed by atoms with Crippen LogP contribution in [0.5, 0.6) is 5.75 Å². The average Bonchev–Trinajstić information content (AvgIpc) is 2.54. The summed E-state index contributed by atoms with van der Waals surface area (Å²) in [4.78, 5) is 14.3. The number of likely N-dealkylation sites (N-methyl/N-ethyl adjacent to an activating group) is 1. The van der Waals surface area contributed by atoms with Gasteiger partial charge in [0.05, 0.1) is 5.39 Å². The molecule has 1 unspecified atom stereocenters. The SMILES string of the molecule is CC(CN(C)C)Oc1cccc(-c2cc(=O)c3ccccc3o2)c1. The summed E-state index contributed by atoms with van der Waals surface area (Å²) in [6.45, 7) is 2.86. The third kappa shape index (κ3) is 3.66. The zero-order valence-corrected chi connectivity index (χ0v) is 14.2. The molecule has 0 aliphatic rings. The maximum absolute atomic E-state index is 12.3. The first kappa shape index (κ1) is 16.3. The Kier molecular flexibility index (Phi) is 4.67. The van der Waals surface area contributed by atoms with Crippen molar-refractivity contribution < 1.29 is 9.15 Å². The number of hydrogen-bond acceptors (Lipinski definition) is 4. The molecule has 124 valence electrons. The maximum atomic E-state index is 12.3. The van der Waals surface area contributed by atoms with Crippen LogP contribution in [0.1, 0.15) is 6.92 Å². The van der Waals surface area contributed by atoms with E-state index >= 15 is 0 Å². The Morgan fingerprint density at radius 3 is 2.67 bits per heavy atom. The number of rotatable bonds is 5. The van der Waals surface area contributed by atoms with Gasteiger partial charge in [0, 0.05) is 18.2 Å². The van der Waals surface area contributed by atoms with E-state index in [1.807, 2.05) is 57.4 Å². The molecule has 2 aromatic carbocycles. The van der Waals surface area contributed by atoms with E-state index in [4.69, 9.17) is 9.15 Å². The van der Waals surface area contributed by atoms with Crippen molar-refractivity contribution in [2.45, 2.75) is 13.0 Å². The molecule has 0 spiro atoms. The fourth-order valence-corrected chi connectivity index (χ4v) is 2.75. The van der Waals surface area contributed by atoms with Crippen LogP contribution in [0.3, 0.4) is 0 Å². The Morgan fingerprint density at radius 1 is 1.08 bits per heavy atom. The number of ether oxygens (including phenoxy) is 1. The molecule has 1 atom stereocenters. The van der Waals surface area contributed by atoms with E-state index in [0.29, 0.717) is 16.7 Å². The molecule has 0 aliphatic heterocycles. The van der Waals surface area contributed by atoms with Gasteiger partial charge in [-0.1, -0.05) is 24.3 Å². The van der Waals surface area contributed by atoms with Crippen molar-refractivity contribution in [1.29, 1.82) is 0 Å². The van der Waals surface area contributed by atoms with Crippen LogP contribution in [0, 0.1) is 0 Å². The average molecular weight is 323 g/mol. The molecular formula is C20H21NO3. The monoisotopic (exact) mass is 323 g/mol. The van der Waals surface area contributed by atoms with Gasteiger partial charge in [-0.3, -0.25) is 4.79 Å². The van der Waals surface area contributed by atoms with Gasteiger partial charge in [0.15, 0.2) is 5.43 Å².